The predicted molar refractivity (Wildman–Crippen MR) is 128 cm³/mol. The van der Waals surface area contributed by atoms with Gasteiger partial charge in [0.05, 0.1) is 23.9 Å². The first-order chi connectivity index (χ1) is 16.2. The Balaban J connectivity index is 1.35. The molecule has 1 aliphatic heterocycles. The third-order valence-electron chi connectivity index (χ3n) is 5.26. The Hall–Kier alpha value is -3.84. The molecule has 170 valence electrons. The molecule has 1 fully saturated rings. The van der Waals surface area contributed by atoms with Gasteiger partial charge in [-0.15, -0.1) is 0 Å². The maximum atomic E-state index is 12.7. The van der Waals surface area contributed by atoms with Gasteiger partial charge in [-0.3, -0.25) is 9.59 Å². The summed E-state index contributed by atoms with van der Waals surface area (Å²) in [4.78, 5) is 25.3. The van der Waals surface area contributed by atoms with Gasteiger partial charge >= 0.3 is 0 Å². The molecule has 2 amide bonds. The maximum Gasteiger partial charge on any atom is 0.253 e. The summed E-state index contributed by atoms with van der Waals surface area (Å²) in [6.07, 6.45) is 2.04. The Bertz CT molecular complexity index is 1080. The van der Waals surface area contributed by atoms with Crippen molar-refractivity contribution in [1.29, 1.82) is 0 Å². The van der Waals surface area contributed by atoms with Gasteiger partial charge in [0.1, 0.15) is 5.75 Å². The van der Waals surface area contributed by atoms with Crippen LogP contribution in [0.2, 0.25) is 0 Å². The van der Waals surface area contributed by atoms with Gasteiger partial charge in [0.15, 0.2) is 5.75 Å². The summed E-state index contributed by atoms with van der Waals surface area (Å²) in [6.45, 7) is 1.22. The Morgan fingerprint density at radius 2 is 1.64 bits per heavy atom. The van der Waals surface area contributed by atoms with Crippen LogP contribution in [-0.2, 0) is 9.53 Å². The second kappa shape index (κ2) is 11.2. The highest BCUT2D eigenvalue weighted by atomic mass is 16.5. The van der Waals surface area contributed by atoms with Gasteiger partial charge in [-0.2, -0.15) is 0 Å². The largest absolute Gasteiger partial charge is 0.455 e. The predicted octanol–water partition coefficient (Wildman–Crippen LogP) is 4.44. The molecule has 1 atom stereocenters. The SMILES string of the molecule is O=C(CNc1ccccc1C(=O)NC[C@@H]1CCCO1)Nc1ccccc1Oc1ccccc1. The van der Waals surface area contributed by atoms with Crippen LogP contribution in [0.5, 0.6) is 11.5 Å². The average molecular weight is 446 g/mol. The van der Waals surface area contributed by atoms with E-state index in [9.17, 15) is 9.59 Å². The Morgan fingerprint density at radius 3 is 2.42 bits per heavy atom. The molecule has 0 aromatic heterocycles. The van der Waals surface area contributed by atoms with E-state index in [1.807, 2.05) is 48.5 Å². The molecule has 1 heterocycles. The Morgan fingerprint density at radius 1 is 0.909 bits per heavy atom. The van der Waals surface area contributed by atoms with E-state index in [0.29, 0.717) is 35.0 Å². The molecule has 0 unspecified atom stereocenters. The summed E-state index contributed by atoms with van der Waals surface area (Å²) in [7, 11) is 0. The molecule has 3 aromatic carbocycles. The highest BCUT2D eigenvalue weighted by Gasteiger charge is 2.18. The van der Waals surface area contributed by atoms with Crippen LogP contribution in [0.4, 0.5) is 11.4 Å². The van der Waals surface area contributed by atoms with Crippen molar-refractivity contribution in [3.8, 4) is 11.5 Å². The van der Waals surface area contributed by atoms with Crippen molar-refractivity contribution in [2.45, 2.75) is 18.9 Å². The number of hydrogen-bond acceptors (Lipinski definition) is 5. The first-order valence-electron chi connectivity index (χ1n) is 11.0. The van der Waals surface area contributed by atoms with E-state index in [1.54, 1.807) is 30.3 Å². The van der Waals surface area contributed by atoms with Crippen LogP contribution >= 0.6 is 0 Å². The zero-order valence-corrected chi connectivity index (χ0v) is 18.3. The quantitative estimate of drug-likeness (QED) is 0.453. The number of rotatable bonds is 9. The molecule has 4 rings (SSSR count). The molecule has 1 saturated heterocycles. The van der Waals surface area contributed by atoms with Crippen molar-refractivity contribution < 1.29 is 19.1 Å². The minimum Gasteiger partial charge on any atom is -0.455 e. The monoisotopic (exact) mass is 445 g/mol. The van der Waals surface area contributed by atoms with Gasteiger partial charge in [0.2, 0.25) is 5.91 Å². The number of carbonyl (C=O) groups excluding carboxylic acids is 2. The molecule has 7 nitrogen and oxygen atoms in total. The van der Waals surface area contributed by atoms with Crippen molar-refractivity contribution >= 4 is 23.2 Å². The second-order valence-electron chi connectivity index (χ2n) is 7.70. The number of carbonyl (C=O) groups is 2. The number of anilines is 2. The fourth-order valence-corrected chi connectivity index (χ4v) is 3.59. The van der Waals surface area contributed by atoms with Crippen molar-refractivity contribution in [3.05, 3.63) is 84.4 Å². The van der Waals surface area contributed by atoms with Gasteiger partial charge in [-0.05, 0) is 49.2 Å². The van der Waals surface area contributed by atoms with E-state index in [4.69, 9.17) is 9.47 Å². The molecule has 0 spiro atoms. The normalized spacial score (nSPS) is 15.0. The maximum absolute atomic E-state index is 12.7. The Labute approximate surface area is 193 Å². The summed E-state index contributed by atoms with van der Waals surface area (Å²) in [6, 6.07) is 23.7. The van der Waals surface area contributed by atoms with Crippen molar-refractivity contribution in [2.75, 3.05) is 30.3 Å². The van der Waals surface area contributed by atoms with Gasteiger partial charge < -0.3 is 25.4 Å². The van der Waals surface area contributed by atoms with E-state index in [1.165, 1.54) is 0 Å². The van der Waals surface area contributed by atoms with Crippen LogP contribution in [0.1, 0.15) is 23.2 Å². The van der Waals surface area contributed by atoms with E-state index in [-0.39, 0.29) is 24.5 Å². The highest BCUT2D eigenvalue weighted by Crippen LogP contribution is 2.29. The number of hydrogen-bond donors (Lipinski definition) is 3. The molecule has 0 radical (unpaired) electrons. The lowest BCUT2D eigenvalue weighted by molar-refractivity contribution is -0.114. The summed E-state index contributed by atoms with van der Waals surface area (Å²) in [5.74, 6) is 0.774. The fourth-order valence-electron chi connectivity index (χ4n) is 3.59. The van der Waals surface area contributed by atoms with Crippen molar-refractivity contribution in [1.82, 2.24) is 5.32 Å². The lowest BCUT2D eigenvalue weighted by atomic mass is 10.1. The van der Waals surface area contributed by atoms with E-state index in [2.05, 4.69) is 16.0 Å². The zero-order valence-electron chi connectivity index (χ0n) is 18.3. The minimum absolute atomic E-state index is 0.00427. The van der Waals surface area contributed by atoms with Crippen LogP contribution < -0.4 is 20.7 Å². The summed E-state index contributed by atoms with van der Waals surface area (Å²) < 4.78 is 11.5. The molecule has 0 saturated carbocycles. The second-order valence-corrected chi connectivity index (χ2v) is 7.70. The number of benzene rings is 3. The highest BCUT2D eigenvalue weighted by molar-refractivity contribution is 6.01. The third-order valence-corrected chi connectivity index (χ3v) is 5.26. The van der Waals surface area contributed by atoms with Crippen LogP contribution in [0.15, 0.2) is 78.9 Å². The fraction of sp³-hybridized carbons (Fsp3) is 0.231. The lowest BCUT2D eigenvalue weighted by Crippen LogP contribution is -2.32. The molecule has 33 heavy (non-hydrogen) atoms. The van der Waals surface area contributed by atoms with Crippen LogP contribution in [0.3, 0.4) is 0 Å². The van der Waals surface area contributed by atoms with E-state index >= 15 is 0 Å². The van der Waals surface area contributed by atoms with Gasteiger partial charge in [-0.1, -0.05) is 42.5 Å². The van der Waals surface area contributed by atoms with E-state index < -0.39 is 0 Å². The number of ether oxygens (including phenoxy) is 2. The molecular weight excluding hydrogens is 418 g/mol. The molecule has 1 aliphatic rings. The average Bonchev–Trinajstić information content (AvgIpc) is 3.37. The first-order valence-corrected chi connectivity index (χ1v) is 11.0. The number of para-hydroxylation sites is 4. The van der Waals surface area contributed by atoms with Gasteiger partial charge in [0.25, 0.3) is 5.91 Å². The molecule has 0 aliphatic carbocycles. The first kappa shape index (κ1) is 22.4. The summed E-state index contributed by atoms with van der Waals surface area (Å²) in [5.41, 5.74) is 1.64. The summed E-state index contributed by atoms with van der Waals surface area (Å²) in [5, 5.41) is 8.85. The standard InChI is InChI=1S/C26H27N3O4/c30-25(29-23-14-6-7-15-24(23)33-19-9-2-1-3-10-19)18-27-22-13-5-4-12-21(22)26(31)28-17-20-11-8-16-32-20/h1-7,9-10,12-15,20,27H,8,11,16-18H2,(H,28,31)(H,29,30)/t20-/m0/s1. The number of nitrogens with one attached hydrogen (secondary N) is 3. The van der Waals surface area contributed by atoms with Crippen molar-refractivity contribution in [2.24, 2.45) is 0 Å². The lowest BCUT2D eigenvalue weighted by Gasteiger charge is -2.15. The molecule has 3 N–H and O–H groups in total. The zero-order chi connectivity index (χ0) is 22.9. The third kappa shape index (κ3) is 6.33. The van der Waals surface area contributed by atoms with Crippen LogP contribution in [0.25, 0.3) is 0 Å². The smallest absolute Gasteiger partial charge is 0.253 e. The van der Waals surface area contributed by atoms with Crippen molar-refractivity contribution in [3.63, 3.8) is 0 Å². The van der Waals surface area contributed by atoms with Gasteiger partial charge in [0, 0.05) is 18.8 Å². The molecular formula is C26H27N3O4. The van der Waals surface area contributed by atoms with Gasteiger partial charge in [-0.25, -0.2) is 0 Å². The molecule has 3 aromatic rings. The number of amides is 2. The van der Waals surface area contributed by atoms with Crippen LogP contribution in [0, 0.1) is 0 Å². The Kier molecular flexibility index (Phi) is 7.56. The topological polar surface area (TPSA) is 88.7 Å². The van der Waals surface area contributed by atoms with Crippen LogP contribution in [-0.4, -0.2) is 37.6 Å². The molecule has 0 bridgehead atoms. The minimum atomic E-state index is -0.256. The van der Waals surface area contributed by atoms with E-state index in [0.717, 1.165) is 19.4 Å². The molecule has 7 heteroatoms. The summed E-state index contributed by atoms with van der Waals surface area (Å²) >= 11 is 0.